The number of aliphatic hydroxyl groups is 2. The van der Waals surface area contributed by atoms with E-state index in [0.29, 0.717) is 6.42 Å². The minimum atomic E-state index is -3.86. The Hall–Kier alpha value is -3.85. The predicted octanol–water partition coefficient (Wildman–Crippen LogP) is 1.45. The number of ether oxygens (including phenoxy) is 4. The largest absolute Gasteiger partial charge is 0.479 e. The van der Waals surface area contributed by atoms with Crippen molar-refractivity contribution in [2.75, 3.05) is 0 Å². The summed E-state index contributed by atoms with van der Waals surface area (Å²) < 4.78 is 21.9. The van der Waals surface area contributed by atoms with Gasteiger partial charge in [-0.25, -0.2) is 14.4 Å². The van der Waals surface area contributed by atoms with Crippen LogP contribution < -0.4 is 0 Å². The number of carbonyl (C=O) groups is 5. The van der Waals surface area contributed by atoms with E-state index in [1.165, 1.54) is 0 Å². The van der Waals surface area contributed by atoms with Gasteiger partial charge in [0.15, 0.2) is 6.10 Å². The molecule has 0 radical (unpaired) electrons. The van der Waals surface area contributed by atoms with E-state index in [2.05, 4.69) is 6.58 Å². The van der Waals surface area contributed by atoms with Crippen LogP contribution >= 0.6 is 0 Å². The average Bonchev–Trinajstić information content (AvgIpc) is 3.18. The quantitative estimate of drug-likeness (QED) is 0.138. The predicted molar refractivity (Wildman–Crippen MR) is 148 cm³/mol. The molecule has 0 amide bonds. The molecule has 2 aliphatic heterocycles. The standard InChI is InChI=1S/C30H38O14/c1-5-10-20(32)42-23-22(33)28(43-24(25(34)35)29(40,26(36)37)30(23,44-28)27(38)39)14-13-16(3)21(41-19(31)6-2)17(4)15-18-11-8-7-9-12-18/h7-9,11-12,17,21-24,33,40H,3,5-6,10,13-15H2,1-2,4H3,(H,34,35)(H,36,37)(H,38,39)/t17-,21-,22-,23-,24?,28?,29?,30?/m1/s1. The summed E-state index contributed by atoms with van der Waals surface area (Å²) >= 11 is 0. The van der Waals surface area contributed by atoms with Gasteiger partial charge in [0.05, 0.1) is 0 Å². The van der Waals surface area contributed by atoms with E-state index < -0.39 is 77.7 Å². The first kappa shape index (κ1) is 34.6. The van der Waals surface area contributed by atoms with Gasteiger partial charge in [0.2, 0.25) is 23.1 Å². The second kappa shape index (κ2) is 13.4. The summed E-state index contributed by atoms with van der Waals surface area (Å²) in [4.78, 5) is 62.1. The van der Waals surface area contributed by atoms with E-state index in [1.807, 2.05) is 37.3 Å². The molecular formula is C30H38O14. The average molecular weight is 623 g/mol. The fourth-order valence-corrected chi connectivity index (χ4v) is 5.75. The van der Waals surface area contributed by atoms with Crippen molar-refractivity contribution in [1.29, 1.82) is 0 Å². The Morgan fingerprint density at radius 2 is 1.64 bits per heavy atom. The number of fused-ring (bicyclic) bond motifs is 2. The first-order valence-corrected chi connectivity index (χ1v) is 14.2. The minimum absolute atomic E-state index is 0.0523. The zero-order valence-corrected chi connectivity index (χ0v) is 24.6. The van der Waals surface area contributed by atoms with E-state index in [-0.39, 0.29) is 37.2 Å². The maximum Gasteiger partial charge on any atom is 0.344 e. The van der Waals surface area contributed by atoms with Crippen molar-refractivity contribution < 1.29 is 68.5 Å². The van der Waals surface area contributed by atoms with Crippen molar-refractivity contribution in [3.8, 4) is 0 Å². The Bertz CT molecular complexity index is 1280. The highest BCUT2D eigenvalue weighted by molar-refractivity contribution is 5.98. The molecule has 2 heterocycles. The van der Waals surface area contributed by atoms with Gasteiger partial charge in [-0.15, -0.1) is 0 Å². The zero-order chi connectivity index (χ0) is 33.0. The number of rotatable bonds is 15. The third-order valence-corrected chi connectivity index (χ3v) is 7.98. The summed E-state index contributed by atoms with van der Waals surface area (Å²) in [5.74, 6) is -11.2. The SMILES string of the molecule is C=C(CCC12OC(C(=O)O)C(O)(C(=O)O)C(C(=O)O)(O1)[C@H](OC(=O)CCC)[C@H]2O)[C@@H](OC(=O)CC)[C@H](C)Cc1ccccc1. The van der Waals surface area contributed by atoms with E-state index in [4.69, 9.17) is 18.9 Å². The van der Waals surface area contributed by atoms with E-state index in [1.54, 1.807) is 13.8 Å². The fourth-order valence-electron chi connectivity index (χ4n) is 5.75. The first-order valence-electron chi connectivity index (χ1n) is 14.2. The molecule has 2 aliphatic rings. The third-order valence-electron chi connectivity index (χ3n) is 7.98. The van der Waals surface area contributed by atoms with Crippen LogP contribution in [0.4, 0.5) is 0 Å². The van der Waals surface area contributed by atoms with E-state index in [0.717, 1.165) is 5.56 Å². The molecule has 2 bridgehead atoms. The van der Waals surface area contributed by atoms with Crippen molar-refractivity contribution in [1.82, 2.24) is 0 Å². The normalized spacial score (nSPS) is 30.5. The second-order valence-electron chi connectivity index (χ2n) is 11.1. The molecule has 3 rings (SSSR count). The van der Waals surface area contributed by atoms with Crippen LogP contribution in [0.3, 0.4) is 0 Å². The lowest BCUT2D eigenvalue weighted by molar-refractivity contribution is -0.374. The molecule has 14 nitrogen and oxygen atoms in total. The molecule has 0 saturated carbocycles. The number of hydrogen-bond donors (Lipinski definition) is 5. The molecule has 8 atom stereocenters. The molecule has 1 aromatic carbocycles. The molecular weight excluding hydrogens is 584 g/mol. The van der Waals surface area contributed by atoms with Gasteiger partial charge in [-0.2, -0.15) is 0 Å². The summed E-state index contributed by atoms with van der Waals surface area (Å²) in [7, 11) is 0. The van der Waals surface area contributed by atoms with Gasteiger partial charge in [-0.3, -0.25) is 9.59 Å². The van der Waals surface area contributed by atoms with Gasteiger partial charge in [0, 0.05) is 25.2 Å². The highest BCUT2D eigenvalue weighted by atomic mass is 16.8. The van der Waals surface area contributed by atoms with Crippen molar-refractivity contribution in [2.45, 2.75) is 101 Å². The maximum absolute atomic E-state index is 12.7. The number of benzene rings is 1. The van der Waals surface area contributed by atoms with Crippen LogP contribution in [0.25, 0.3) is 0 Å². The Kier molecular flexibility index (Phi) is 10.6. The highest BCUT2D eigenvalue weighted by Crippen LogP contribution is 2.56. The highest BCUT2D eigenvalue weighted by Gasteiger charge is 2.85. The number of esters is 2. The molecule has 14 heteroatoms. The van der Waals surface area contributed by atoms with Gasteiger partial charge < -0.3 is 44.5 Å². The topological polar surface area (TPSA) is 223 Å². The Balaban J connectivity index is 2.03. The maximum atomic E-state index is 12.7. The summed E-state index contributed by atoms with van der Waals surface area (Å²) in [6, 6.07) is 9.31. The third kappa shape index (κ3) is 6.07. The number of aliphatic carboxylic acids is 3. The smallest absolute Gasteiger partial charge is 0.344 e. The summed E-state index contributed by atoms with van der Waals surface area (Å²) in [5.41, 5.74) is -6.15. The molecule has 5 N–H and O–H groups in total. The molecule has 2 saturated heterocycles. The monoisotopic (exact) mass is 622 g/mol. The van der Waals surface area contributed by atoms with E-state index in [9.17, 15) is 49.5 Å². The van der Waals surface area contributed by atoms with Crippen molar-refractivity contribution in [3.63, 3.8) is 0 Å². The Morgan fingerprint density at radius 3 is 2.16 bits per heavy atom. The van der Waals surface area contributed by atoms with Crippen LogP contribution in [0.2, 0.25) is 0 Å². The number of carboxylic acids is 3. The number of carboxylic acid groups (broad SMARTS) is 3. The number of carbonyl (C=O) groups excluding carboxylic acids is 2. The molecule has 0 spiro atoms. The van der Waals surface area contributed by atoms with Crippen LogP contribution in [0, 0.1) is 5.92 Å². The van der Waals surface area contributed by atoms with Gasteiger partial charge in [0.1, 0.15) is 12.2 Å². The number of aliphatic hydroxyl groups excluding tert-OH is 1. The first-order chi connectivity index (χ1) is 20.6. The molecule has 0 aromatic heterocycles. The lowest BCUT2D eigenvalue weighted by Gasteiger charge is -2.48. The number of hydrogen-bond acceptors (Lipinski definition) is 11. The molecule has 2 fully saturated rings. The van der Waals surface area contributed by atoms with Gasteiger partial charge >= 0.3 is 29.8 Å². The summed E-state index contributed by atoms with van der Waals surface area (Å²) in [6.07, 6.45) is -8.66. The second-order valence-corrected chi connectivity index (χ2v) is 11.1. The van der Waals surface area contributed by atoms with Crippen molar-refractivity contribution in [3.05, 3.63) is 48.0 Å². The van der Waals surface area contributed by atoms with Crippen LogP contribution in [0.15, 0.2) is 42.5 Å². The van der Waals surface area contributed by atoms with Gasteiger partial charge in [-0.05, 0) is 30.4 Å². The molecule has 0 aliphatic carbocycles. The molecule has 44 heavy (non-hydrogen) atoms. The minimum Gasteiger partial charge on any atom is -0.479 e. The Labute approximate surface area is 253 Å². The molecule has 242 valence electrons. The van der Waals surface area contributed by atoms with Gasteiger partial charge in [0.25, 0.3) is 0 Å². The van der Waals surface area contributed by atoms with Gasteiger partial charge in [-0.1, -0.05) is 57.7 Å². The van der Waals surface area contributed by atoms with E-state index >= 15 is 0 Å². The summed E-state index contributed by atoms with van der Waals surface area (Å²) in [6.45, 7) is 9.03. The molecule has 4 unspecified atom stereocenters. The lowest BCUT2D eigenvalue weighted by atomic mass is 9.74. The van der Waals surface area contributed by atoms with Crippen molar-refractivity contribution in [2.24, 2.45) is 5.92 Å². The summed E-state index contributed by atoms with van der Waals surface area (Å²) in [5, 5.41) is 52.7. The van der Waals surface area contributed by atoms with Crippen molar-refractivity contribution >= 4 is 29.8 Å². The van der Waals surface area contributed by atoms with Crippen LogP contribution in [0.1, 0.15) is 58.4 Å². The Morgan fingerprint density at radius 1 is 1.00 bits per heavy atom. The lowest BCUT2D eigenvalue weighted by Crippen LogP contribution is -2.78. The van der Waals surface area contributed by atoms with Crippen LogP contribution in [-0.2, 0) is 49.3 Å². The zero-order valence-electron chi connectivity index (χ0n) is 24.6. The van der Waals surface area contributed by atoms with Crippen LogP contribution in [0.5, 0.6) is 0 Å². The van der Waals surface area contributed by atoms with Crippen LogP contribution in [-0.4, -0.2) is 96.8 Å². The fraction of sp³-hybridized carbons (Fsp3) is 0.567. The molecule has 1 aromatic rings.